The summed E-state index contributed by atoms with van der Waals surface area (Å²) >= 11 is 0. The Hall–Kier alpha value is -2.17. The Labute approximate surface area is 97.3 Å². The molecule has 1 aliphatic rings. The van der Waals surface area contributed by atoms with E-state index < -0.39 is 23.6 Å². The number of carbonyl (C=O) groups is 3. The topological polar surface area (TPSA) is 69.7 Å². The van der Waals surface area contributed by atoms with Gasteiger partial charge in [0.15, 0.2) is 0 Å². The lowest BCUT2D eigenvalue weighted by atomic mass is 10.1. The van der Waals surface area contributed by atoms with Gasteiger partial charge in [-0.3, -0.25) is 14.4 Å². The maximum atomic E-state index is 11.9. The third-order valence-corrected chi connectivity index (χ3v) is 2.52. The van der Waals surface area contributed by atoms with E-state index in [4.69, 9.17) is 9.47 Å². The molecule has 0 spiro atoms. The number of esters is 1. The number of ketones is 2. The minimum absolute atomic E-state index is 0.237. The van der Waals surface area contributed by atoms with Crippen molar-refractivity contribution in [3.63, 3.8) is 0 Å². The van der Waals surface area contributed by atoms with E-state index in [9.17, 15) is 14.4 Å². The van der Waals surface area contributed by atoms with Crippen molar-refractivity contribution in [1.82, 2.24) is 0 Å². The molecule has 0 aliphatic heterocycles. The molecule has 0 N–H and O–H groups in total. The number of ether oxygens (including phenoxy) is 2. The fourth-order valence-corrected chi connectivity index (χ4v) is 1.74. The molecule has 5 heteroatoms. The number of fused-ring (bicyclic) bond motifs is 1. The zero-order chi connectivity index (χ0) is 12.6. The molecule has 17 heavy (non-hydrogen) atoms. The van der Waals surface area contributed by atoms with E-state index in [2.05, 4.69) is 0 Å². The highest BCUT2D eigenvalue weighted by molar-refractivity contribution is 6.29. The summed E-state index contributed by atoms with van der Waals surface area (Å²) in [4.78, 5) is 34.5. The molecule has 1 unspecified atom stereocenters. The molecule has 1 aromatic carbocycles. The zero-order valence-electron chi connectivity index (χ0n) is 9.35. The number of benzene rings is 1. The first-order valence-electron chi connectivity index (χ1n) is 4.98. The second-order valence-electron chi connectivity index (χ2n) is 3.63. The highest BCUT2D eigenvalue weighted by Crippen LogP contribution is 2.27. The Morgan fingerprint density at radius 3 is 2.41 bits per heavy atom. The highest BCUT2D eigenvalue weighted by atomic mass is 16.5. The van der Waals surface area contributed by atoms with Crippen LogP contribution in [0.4, 0.5) is 0 Å². The summed E-state index contributed by atoms with van der Waals surface area (Å²) in [6.07, 6.45) is -1.34. The van der Waals surface area contributed by atoms with Gasteiger partial charge in [0.1, 0.15) is 5.75 Å². The minimum atomic E-state index is -1.34. The molecule has 2 rings (SSSR count). The lowest BCUT2D eigenvalue weighted by Crippen LogP contribution is -2.27. The van der Waals surface area contributed by atoms with Crippen molar-refractivity contribution in [3.05, 3.63) is 29.3 Å². The number of Topliss-reactive ketones (excluding diaryl/α,β-unsaturated/α-hetero) is 2. The van der Waals surface area contributed by atoms with Gasteiger partial charge in [-0.25, -0.2) is 0 Å². The van der Waals surface area contributed by atoms with E-state index in [0.29, 0.717) is 5.75 Å². The van der Waals surface area contributed by atoms with Crippen LogP contribution in [0, 0.1) is 0 Å². The fraction of sp³-hybridized carbons (Fsp3) is 0.250. The van der Waals surface area contributed by atoms with Crippen LogP contribution in [0.5, 0.6) is 5.75 Å². The van der Waals surface area contributed by atoms with Crippen molar-refractivity contribution >= 4 is 17.5 Å². The van der Waals surface area contributed by atoms with Crippen molar-refractivity contribution in [1.29, 1.82) is 0 Å². The van der Waals surface area contributed by atoms with Crippen molar-refractivity contribution in [3.8, 4) is 5.75 Å². The van der Waals surface area contributed by atoms with Crippen LogP contribution in [0.25, 0.3) is 0 Å². The number of rotatable bonds is 2. The molecule has 0 saturated carbocycles. The van der Waals surface area contributed by atoms with Crippen LogP contribution in [0.3, 0.4) is 0 Å². The summed E-state index contributed by atoms with van der Waals surface area (Å²) in [6, 6.07) is 4.55. The molecule has 0 amide bonds. The zero-order valence-corrected chi connectivity index (χ0v) is 9.35. The van der Waals surface area contributed by atoms with Gasteiger partial charge in [-0.15, -0.1) is 0 Å². The van der Waals surface area contributed by atoms with Gasteiger partial charge in [-0.2, -0.15) is 0 Å². The maximum Gasteiger partial charge on any atom is 0.303 e. The van der Waals surface area contributed by atoms with Crippen LogP contribution < -0.4 is 4.74 Å². The van der Waals surface area contributed by atoms with E-state index in [-0.39, 0.29) is 11.1 Å². The molecule has 0 bridgehead atoms. The van der Waals surface area contributed by atoms with Gasteiger partial charge in [0.2, 0.25) is 17.7 Å². The van der Waals surface area contributed by atoms with Crippen LogP contribution in [-0.2, 0) is 9.53 Å². The summed E-state index contributed by atoms with van der Waals surface area (Å²) < 4.78 is 9.68. The van der Waals surface area contributed by atoms with Gasteiger partial charge in [-0.1, -0.05) is 0 Å². The maximum absolute atomic E-state index is 11.9. The molecular formula is C12H10O5. The lowest BCUT2D eigenvalue weighted by molar-refractivity contribution is -0.142. The van der Waals surface area contributed by atoms with Gasteiger partial charge in [-0.05, 0) is 18.2 Å². The van der Waals surface area contributed by atoms with Crippen LogP contribution in [0.1, 0.15) is 27.6 Å². The van der Waals surface area contributed by atoms with Gasteiger partial charge in [0.05, 0.1) is 7.11 Å². The summed E-state index contributed by atoms with van der Waals surface area (Å²) in [7, 11) is 1.46. The summed E-state index contributed by atoms with van der Waals surface area (Å²) in [6.45, 7) is 1.16. The molecule has 0 fully saturated rings. The van der Waals surface area contributed by atoms with Crippen LogP contribution >= 0.6 is 0 Å². The first-order chi connectivity index (χ1) is 8.04. The van der Waals surface area contributed by atoms with E-state index in [1.807, 2.05) is 0 Å². The number of carbonyl (C=O) groups excluding carboxylic acids is 3. The Bertz CT molecular complexity index is 518. The van der Waals surface area contributed by atoms with Crippen molar-refractivity contribution in [2.24, 2.45) is 0 Å². The first kappa shape index (κ1) is 11.3. The smallest absolute Gasteiger partial charge is 0.303 e. The lowest BCUT2D eigenvalue weighted by Gasteiger charge is -2.05. The van der Waals surface area contributed by atoms with E-state index >= 15 is 0 Å². The normalized spacial score (nSPS) is 17.9. The number of hydrogen-bond donors (Lipinski definition) is 0. The molecule has 1 aromatic rings. The second kappa shape index (κ2) is 4.01. The standard InChI is InChI=1S/C12H10O5/c1-6(13)17-12-10(14)8-4-3-7(16-2)5-9(8)11(12)15/h3-5,12H,1-2H3. The van der Waals surface area contributed by atoms with Crippen LogP contribution in [0.2, 0.25) is 0 Å². The molecule has 0 saturated heterocycles. The number of methoxy groups -OCH3 is 1. The Morgan fingerprint density at radius 1 is 1.18 bits per heavy atom. The second-order valence-corrected chi connectivity index (χ2v) is 3.63. The average molecular weight is 234 g/mol. The summed E-state index contributed by atoms with van der Waals surface area (Å²) in [5.41, 5.74) is 0.502. The predicted molar refractivity (Wildman–Crippen MR) is 57.2 cm³/mol. The molecule has 1 atom stereocenters. The molecule has 0 radical (unpaired) electrons. The predicted octanol–water partition coefficient (Wildman–Crippen LogP) is 1.01. The Kier molecular flexibility index (Phi) is 2.67. The van der Waals surface area contributed by atoms with E-state index in [1.54, 1.807) is 6.07 Å². The third-order valence-electron chi connectivity index (χ3n) is 2.52. The average Bonchev–Trinajstić information content (AvgIpc) is 2.53. The SMILES string of the molecule is COc1ccc2c(c1)C(=O)C(OC(C)=O)C2=O. The van der Waals surface area contributed by atoms with Gasteiger partial charge >= 0.3 is 5.97 Å². The van der Waals surface area contributed by atoms with Gasteiger partial charge in [0, 0.05) is 18.1 Å². The minimum Gasteiger partial charge on any atom is -0.497 e. The Morgan fingerprint density at radius 2 is 1.82 bits per heavy atom. The fourth-order valence-electron chi connectivity index (χ4n) is 1.74. The number of hydrogen-bond acceptors (Lipinski definition) is 5. The summed E-state index contributed by atoms with van der Waals surface area (Å²) in [5, 5.41) is 0. The van der Waals surface area contributed by atoms with Crippen LogP contribution in [-0.4, -0.2) is 30.7 Å². The quantitative estimate of drug-likeness (QED) is 0.564. The largest absolute Gasteiger partial charge is 0.497 e. The van der Waals surface area contributed by atoms with Crippen LogP contribution in [0.15, 0.2) is 18.2 Å². The first-order valence-corrected chi connectivity index (χ1v) is 4.98. The van der Waals surface area contributed by atoms with Crippen molar-refractivity contribution < 1.29 is 23.9 Å². The summed E-state index contributed by atoms with van der Waals surface area (Å²) in [5.74, 6) is -1.16. The Balaban J connectivity index is 2.42. The van der Waals surface area contributed by atoms with Gasteiger partial charge < -0.3 is 9.47 Å². The van der Waals surface area contributed by atoms with Crippen molar-refractivity contribution in [2.45, 2.75) is 13.0 Å². The molecule has 1 aliphatic carbocycles. The highest BCUT2D eigenvalue weighted by Gasteiger charge is 2.41. The molecule has 5 nitrogen and oxygen atoms in total. The molecule has 0 heterocycles. The van der Waals surface area contributed by atoms with E-state index in [0.717, 1.165) is 6.92 Å². The third kappa shape index (κ3) is 1.80. The van der Waals surface area contributed by atoms with Gasteiger partial charge in [0.25, 0.3) is 0 Å². The van der Waals surface area contributed by atoms with E-state index in [1.165, 1.54) is 19.2 Å². The van der Waals surface area contributed by atoms with Crippen molar-refractivity contribution in [2.75, 3.05) is 7.11 Å². The monoisotopic (exact) mass is 234 g/mol. The molecule has 0 aromatic heterocycles. The molecule has 88 valence electrons. The molecular weight excluding hydrogens is 224 g/mol.